The standard InChI is InChI=1S/C4H2O4.2Ag/c5-1-2(6)4(8)3(1)7;;/h5-6H;;/q;2*+1/p-2. The fourth-order valence-corrected chi connectivity index (χ4v) is 0.350. The van der Waals surface area contributed by atoms with E-state index < -0.39 is 22.4 Å². The van der Waals surface area contributed by atoms with E-state index in [2.05, 4.69) is 0 Å². The maximum absolute atomic E-state index is 9.85. The molecule has 0 aliphatic rings. The second kappa shape index (κ2) is 4.13. The Kier molecular flexibility index (Phi) is 5.28. The average Bonchev–Trinajstić information content (AvgIpc) is 1.83. The number of hydrogen-bond donors (Lipinski definition) is 0. The van der Waals surface area contributed by atoms with Crippen LogP contribution < -0.4 is 21.1 Å². The number of hydrogen-bond acceptors (Lipinski definition) is 4. The van der Waals surface area contributed by atoms with Crippen LogP contribution >= 0.6 is 0 Å². The molecule has 10 heavy (non-hydrogen) atoms. The Morgan fingerprint density at radius 2 is 1.00 bits per heavy atom. The molecule has 0 fully saturated rings. The van der Waals surface area contributed by atoms with E-state index in [0.29, 0.717) is 0 Å². The Hall–Kier alpha value is 0.161. The zero-order valence-corrected chi connectivity index (χ0v) is 7.20. The smallest absolute Gasteiger partial charge is 0.870 e. The second-order valence-corrected chi connectivity index (χ2v) is 1.32. The molecule has 0 atom stereocenters. The van der Waals surface area contributed by atoms with Gasteiger partial charge < -0.3 is 10.2 Å². The first-order valence-corrected chi connectivity index (χ1v) is 1.82. The minimum absolute atomic E-state index is 0. The van der Waals surface area contributed by atoms with Gasteiger partial charge in [0.25, 0.3) is 0 Å². The van der Waals surface area contributed by atoms with E-state index >= 15 is 0 Å². The third-order valence-electron chi connectivity index (χ3n) is 0.825. The molecule has 0 saturated carbocycles. The van der Waals surface area contributed by atoms with Crippen molar-refractivity contribution in [2.75, 3.05) is 0 Å². The fourth-order valence-electron chi connectivity index (χ4n) is 0.350. The van der Waals surface area contributed by atoms with E-state index in [-0.39, 0.29) is 44.8 Å². The van der Waals surface area contributed by atoms with Crippen LogP contribution in [0.3, 0.4) is 0 Å². The predicted octanol–water partition coefficient (Wildman–Crippen LogP) is -2.58. The largest absolute Gasteiger partial charge is 1.00 e. The molecule has 0 saturated heterocycles. The van der Waals surface area contributed by atoms with Crippen LogP contribution in [0, 0.1) is 0 Å². The van der Waals surface area contributed by atoms with E-state index in [9.17, 15) is 19.8 Å². The Bertz CT molecular complexity index is 255. The van der Waals surface area contributed by atoms with E-state index in [1.165, 1.54) is 0 Å². The molecule has 0 bridgehead atoms. The average molecular weight is 328 g/mol. The molecule has 0 heterocycles. The molecule has 6 heteroatoms. The van der Waals surface area contributed by atoms with Gasteiger partial charge in [0.15, 0.2) is 0 Å². The van der Waals surface area contributed by atoms with Gasteiger partial charge in [0, 0.05) is 0 Å². The Morgan fingerprint density at radius 1 is 0.800 bits per heavy atom. The van der Waals surface area contributed by atoms with Gasteiger partial charge in [0.2, 0.25) is 10.9 Å². The van der Waals surface area contributed by atoms with Crippen molar-refractivity contribution in [2.45, 2.75) is 0 Å². The summed E-state index contributed by atoms with van der Waals surface area (Å²) >= 11 is 0. The van der Waals surface area contributed by atoms with Gasteiger partial charge in [0.05, 0.1) is 0 Å². The maximum Gasteiger partial charge on any atom is 1.00 e. The summed E-state index contributed by atoms with van der Waals surface area (Å²) in [6.45, 7) is 0. The summed E-state index contributed by atoms with van der Waals surface area (Å²) in [5.74, 6) is -2.37. The molecule has 0 spiro atoms. The third-order valence-corrected chi connectivity index (χ3v) is 0.825. The van der Waals surface area contributed by atoms with Crippen LogP contribution in [-0.4, -0.2) is 0 Å². The first kappa shape index (κ1) is 12.8. The van der Waals surface area contributed by atoms with Crippen LogP contribution in [0.5, 0.6) is 11.5 Å². The van der Waals surface area contributed by atoms with Crippen molar-refractivity contribution < 1.29 is 55.0 Å². The van der Waals surface area contributed by atoms with Crippen LogP contribution in [0.4, 0.5) is 0 Å². The van der Waals surface area contributed by atoms with Crippen LogP contribution in [0.2, 0.25) is 0 Å². The van der Waals surface area contributed by atoms with Gasteiger partial charge in [-0.15, -0.1) is 0 Å². The molecule has 0 radical (unpaired) electrons. The van der Waals surface area contributed by atoms with Crippen LogP contribution in [0.15, 0.2) is 9.59 Å². The van der Waals surface area contributed by atoms with Crippen LogP contribution in [0.1, 0.15) is 0 Å². The molecule has 4 nitrogen and oxygen atoms in total. The first-order valence-electron chi connectivity index (χ1n) is 1.82. The van der Waals surface area contributed by atoms with Gasteiger partial charge in [-0.3, -0.25) is 9.59 Å². The zero-order chi connectivity index (χ0) is 6.31. The van der Waals surface area contributed by atoms with Gasteiger partial charge >= 0.3 is 44.8 Å². The summed E-state index contributed by atoms with van der Waals surface area (Å²) in [6.07, 6.45) is 0. The minimum atomic E-state index is -1.19. The summed E-state index contributed by atoms with van der Waals surface area (Å²) in [5.41, 5.74) is -2.37. The molecule has 62 valence electrons. The maximum atomic E-state index is 9.85. The topological polar surface area (TPSA) is 80.3 Å². The molecule has 1 rings (SSSR count). The molecule has 0 amide bonds. The molecular formula is C4Ag2O4. The van der Waals surface area contributed by atoms with Gasteiger partial charge in [-0.2, -0.15) is 0 Å². The van der Waals surface area contributed by atoms with Crippen molar-refractivity contribution in [3.8, 4) is 11.5 Å². The summed E-state index contributed by atoms with van der Waals surface area (Å²) in [6, 6.07) is 0. The van der Waals surface area contributed by atoms with Gasteiger partial charge in [0.1, 0.15) is 0 Å². The first-order chi connectivity index (χ1) is 3.64. The summed E-state index contributed by atoms with van der Waals surface area (Å²) in [4.78, 5) is 19.7. The SMILES string of the molecule is O=c1c([O-])c([O-])c1=O.[Ag+].[Ag+]. The predicted molar refractivity (Wildman–Crippen MR) is 20.2 cm³/mol. The molecule has 1 aromatic rings. The quantitative estimate of drug-likeness (QED) is 0.387. The zero-order valence-electron chi connectivity index (χ0n) is 4.24. The second-order valence-electron chi connectivity index (χ2n) is 1.32. The minimum Gasteiger partial charge on any atom is -0.870 e. The molecule has 0 aliphatic carbocycles. The third kappa shape index (κ3) is 1.60. The Labute approximate surface area is 86.6 Å². The normalized spacial score (nSPS) is 8.00. The molecule has 0 unspecified atom stereocenters. The molecule has 0 aliphatic heterocycles. The molecule has 0 aromatic heterocycles. The molecule has 0 N–H and O–H groups in total. The Morgan fingerprint density at radius 3 is 1.10 bits per heavy atom. The van der Waals surface area contributed by atoms with Crippen LogP contribution in [0.25, 0.3) is 0 Å². The molecule has 1 aromatic carbocycles. The van der Waals surface area contributed by atoms with Crippen molar-refractivity contribution in [3.05, 3.63) is 20.4 Å². The van der Waals surface area contributed by atoms with Crippen molar-refractivity contribution in [3.63, 3.8) is 0 Å². The van der Waals surface area contributed by atoms with E-state index in [4.69, 9.17) is 0 Å². The van der Waals surface area contributed by atoms with E-state index in [0.717, 1.165) is 0 Å². The molecular weight excluding hydrogens is 328 g/mol. The van der Waals surface area contributed by atoms with Crippen molar-refractivity contribution in [2.24, 2.45) is 0 Å². The van der Waals surface area contributed by atoms with Gasteiger partial charge in [-0.25, -0.2) is 0 Å². The summed E-state index contributed by atoms with van der Waals surface area (Å²) < 4.78 is 0. The van der Waals surface area contributed by atoms with Crippen molar-refractivity contribution in [1.82, 2.24) is 0 Å². The van der Waals surface area contributed by atoms with E-state index in [1.807, 2.05) is 0 Å². The van der Waals surface area contributed by atoms with Gasteiger partial charge in [-0.05, 0) is 0 Å². The van der Waals surface area contributed by atoms with E-state index in [1.54, 1.807) is 0 Å². The van der Waals surface area contributed by atoms with Crippen molar-refractivity contribution >= 4 is 0 Å². The summed E-state index contributed by atoms with van der Waals surface area (Å²) in [5, 5.41) is 19.7. The summed E-state index contributed by atoms with van der Waals surface area (Å²) in [7, 11) is 0. The monoisotopic (exact) mass is 326 g/mol. The van der Waals surface area contributed by atoms with Gasteiger partial charge in [-0.1, -0.05) is 11.5 Å². The van der Waals surface area contributed by atoms with Crippen molar-refractivity contribution in [1.29, 1.82) is 0 Å². The van der Waals surface area contributed by atoms with Crippen LogP contribution in [-0.2, 0) is 44.8 Å². The fraction of sp³-hybridized carbons (Fsp3) is 0. The number of rotatable bonds is 0. The Balaban J connectivity index is 0.